The van der Waals surface area contributed by atoms with E-state index in [2.05, 4.69) is 26.8 Å². The maximum atomic E-state index is 12.6. The highest BCUT2D eigenvalue weighted by Gasteiger charge is 2.24. The van der Waals surface area contributed by atoms with Gasteiger partial charge in [-0.05, 0) is 37.6 Å². The van der Waals surface area contributed by atoms with Gasteiger partial charge in [-0.15, -0.1) is 0 Å². The minimum atomic E-state index is -0.224. The van der Waals surface area contributed by atoms with Crippen LogP contribution >= 0.6 is 0 Å². The molecule has 1 atom stereocenters. The molecule has 27 heavy (non-hydrogen) atoms. The molecule has 0 radical (unpaired) electrons. The quantitative estimate of drug-likeness (QED) is 0.658. The number of amides is 1. The van der Waals surface area contributed by atoms with E-state index >= 15 is 0 Å². The number of pyridine rings is 2. The molecular formula is C19H24N6O2. The fourth-order valence-corrected chi connectivity index (χ4v) is 3.20. The molecule has 0 saturated carbocycles. The van der Waals surface area contributed by atoms with Gasteiger partial charge in [0.15, 0.2) is 11.6 Å². The zero-order valence-corrected chi connectivity index (χ0v) is 15.3. The van der Waals surface area contributed by atoms with Gasteiger partial charge in [-0.25, -0.2) is 0 Å². The van der Waals surface area contributed by atoms with E-state index in [-0.39, 0.29) is 24.3 Å². The molecular weight excluding hydrogens is 344 g/mol. The first kappa shape index (κ1) is 18.7. The highest BCUT2D eigenvalue weighted by molar-refractivity contribution is 5.96. The van der Waals surface area contributed by atoms with Crippen LogP contribution in [0.4, 0.5) is 11.4 Å². The molecule has 1 saturated heterocycles. The highest BCUT2D eigenvalue weighted by Crippen LogP contribution is 2.31. The summed E-state index contributed by atoms with van der Waals surface area (Å²) >= 11 is 0. The zero-order chi connectivity index (χ0) is 19.4. The summed E-state index contributed by atoms with van der Waals surface area (Å²) in [5.41, 5.74) is 14.6. The molecule has 142 valence electrons. The van der Waals surface area contributed by atoms with Crippen LogP contribution in [0.2, 0.25) is 0 Å². The summed E-state index contributed by atoms with van der Waals surface area (Å²) < 4.78 is 5.34. The minimum absolute atomic E-state index is 0.0380. The predicted octanol–water partition coefficient (Wildman–Crippen LogP) is 1.31. The number of nitrogens with one attached hydrogen (secondary N) is 1. The Kier molecular flexibility index (Phi) is 5.56. The van der Waals surface area contributed by atoms with Crippen LogP contribution in [0.25, 0.3) is 0 Å². The summed E-state index contributed by atoms with van der Waals surface area (Å²) in [7, 11) is 0. The number of ether oxygens (including phenoxy) is 1. The van der Waals surface area contributed by atoms with Gasteiger partial charge in [0.25, 0.3) is 0 Å². The Morgan fingerprint density at radius 3 is 3.00 bits per heavy atom. The lowest BCUT2D eigenvalue weighted by Crippen LogP contribution is -2.28. The number of anilines is 2. The van der Waals surface area contributed by atoms with Crippen molar-refractivity contribution in [2.45, 2.75) is 25.8 Å². The van der Waals surface area contributed by atoms with Crippen molar-refractivity contribution in [2.75, 3.05) is 23.3 Å². The van der Waals surface area contributed by atoms with Crippen molar-refractivity contribution in [3.63, 3.8) is 0 Å². The molecule has 0 unspecified atom stereocenters. The summed E-state index contributed by atoms with van der Waals surface area (Å²) in [4.78, 5) is 23.2. The number of aromatic nitrogens is 2. The molecule has 1 fully saturated rings. The van der Waals surface area contributed by atoms with E-state index in [0.717, 1.165) is 30.8 Å². The van der Waals surface area contributed by atoms with Gasteiger partial charge in [0.2, 0.25) is 5.91 Å². The average Bonchev–Trinajstić information content (AvgIpc) is 3.02. The second-order valence-corrected chi connectivity index (χ2v) is 6.59. The maximum Gasteiger partial charge on any atom is 0.230 e. The van der Waals surface area contributed by atoms with Gasteiger partial charge in [-0.3, -0.25) is 14.8 Å². The number of hydrogen-bond donors (Lipinski definition) is 3. The van der Waals surface area contributed by atoms with Crippen LogP contribution in [-0.2, 0) is 11.2 Å². The van der Waals surface area contributed by atoms with Gasteiger partial charge in [0.05, 0.1) is 29.7 Å². The maximum absolute atomic E-state index is 12.6. The van der Waals surface area contributed by atoms with Crippen molar-refractivity contribution in [2.24, 2.45) is 11.5 Å². The molecule has 2 aromatic rings. The molecule has 0 bridgehead atoms. The predicted molar refractivity (Wildman–Crippen MR) is 104 cm³/mol. The topological polar surface area (TPSA) is 119 Å². The third-order valence-electron chi connectivity index (χ3n) is 4.33. The number of carbonyl (C=O) groups is 1. The number of rotatable bonds is 6. The Morgan fingerprint density at radius 2 is 2.30 bits per heavy atom. The van der Waals surface area contributed by atoms with Crippen LogP contribution in [0.5, 0.6) is 5.75 Å². The third kappa shape index (κ3) is 4.53. The van der Waals surface area contributed by atoms with Crippen LogP contribution < -0.4 is 26.4 Å². The molecule has 8 heteroatoms. The van der Waals surface area contributed by atoms with Crippen molar-refractivity contribution in [3.05, 3.63) is 54.4 Å². The summed E-state index contributed by atoms with van der Waals surface area (Å²) in [5, 5.41) is 2.94. The highest BCUT2D eigenvalue weighted by atomic mass is 16.5. The molecule has 0 aromatic carbocycles. The molecule has 0 spiro atoms. The van der Waals surface area contributed by atoms with Crippen molar-refractivity contribution < 1.29 is 9.53 Å². The van der Waals surface area contributed by atoms with Crippen LogP contribution in [0.1, 0.15) is 17.7 Å². The van der Waals surface area contributed by atoms with E-state index in [0.29, 0.717) is 17.1 Å². The first-order valence-electron chi connectivity index (χ1n) is 8.75. The molecule has 5 N–H and O–H groups in total. The number of nitrogens with zero attached hydrogens (tertiary/aromatic N) is 3. The lowest BCUT2D eigenvalue weighted by molar-refractivity contribution is -0.115. The lowest BCUT2D eigenvalue weighted by atomic mass is 10.2. The first-order valence-corrected chi connectivity index (χ1v) is 8.75. The van der Waals surface area contributed by atoms with Crippen molar-refractivity contribution >= 4 is 17.3 Å². The van der Waals surface area contributed by atoms with Gasteiger partial charge in [0, 0.05) is 31.5 Å². The number of aryl methyl sites for hydroxylation is 1. The lowest BCUT2D eigenvalue weighted by Gasteiger charge is -2.23. The molecule has 3 rings (SSSR count). The normalized spacial score (nSPS) is 16.2. The zero-order valence-electron chi connectivity index (χ0n) is 15.3. The largest absolute Gasteiger partial charge is 0.440 e. The van der Waals surface area contributed by atoms with E-state index in [1.54, 1.807) is 30.7 Å². The van der Waals surface area contributed by atoms with E-state index in [4.69, 9.17) is 16.2 Å². The molecule has 1 amide bonds. The van der Waals surface area contributed by atoms with Gasteiger partial charge in [0.1, 0.15) is 0 Å². The third-order valence-corrected chi connectivity index (χ3v) is 4.33. The van der Waals surface area contributed by atoms with Crippen LogP contribution in [0, 0.1) is 6.92 Å². The monoisotopic (exact) mass is 368 g/mol. The van der Waals surface area contributed by atoms with E-state index in [9.17, 15) is 4.79 Å². The molecule has 8 nitrogen and oxygen atoms in total. The Balaban J connectivity index is 1.78. The van der Waals surface area contributed by atoms with Gasteiger partial charge in [-0.1, -0.05) is 0 Å². The molecule has 1 aliphatic rings. The van der Waals surface area contributed by atoms with E-state index < -0.39 is 0 Å². The number of nitrogens with two attached hydrogens (primary N) is 2. The molecule has 2 aromatic heterocycles. The van der Waals surface area contributed by atoms with Crippen LogP contribution in [0.15, 0.2) is 43.2 Å². The van der Waals surface area contributed by atoms with Gasteiger partial charge < -0.3 is 26.4 Å². The number of carbonyl (C=O) groups excluding carboxylic acids is 1. The summed E-state index contributed by atoms with van der Waals surface area (Å²) in [6, 6.07) is 3.54. The minimum Gasteiger partial charge on any atom is -0.440 e. The Bertz CT molecular complexity index is 854. The Hall–Kier alpha value is -3.13. The van der Waals surface area contributed by atoms with Crippen LogP contribution in [0.3, 0.4) is 0 Å². The van der Waals surface area contributed by atoms with Gasteiger partial charge >= 0.3 is 0 Å². The van der Waals surface area contributed by atoms with Crippen molar-refractivity contribution in [1.29, 1.82) is 0 Å². The van der Waals surface area contributed by atoms with E-state index in [1.165, 1.54) is 0 Å². The Morgan fingerprint density at radius 1 is 1.48 bits per heavy atom. The fourth-order valence-electron chi connectivity index (χ4n) is 3.20. The van der Waals surface area contributed by atoms with Crippen molar-refractivity contribution in [1.82, 2.24) is 9.97 Å². The van der Waals surface area contributed by atoms with Crippen molar-refractivity contribution in [3.8, 4) is 5.75 Å². The SMILES string of the molecule is C=C(N)Oc1cccnc1CC(=O)Nc1cncc(C)c1N1CC[C@H](N)C1. The van der Waals surface area contributed by atoms with E-state index in [1.807, 2.05) is 6.92 Å². The summed E-state index contributed by atoms with van der Waals surface area (Å²) in [6.07, 6.45) is 6.00. The smallest absolute Gasteiger partial charge is 0.230 e. The standard InChI is InChI=1S/C19H24N6O2/c1-12-9-22-10-16(19(12)25-7-5-14(21)11-25)24-18(26)8-15-17(27-13(2)20)4-3-6-23-15/h3-4,6,9-10,14H,2,5,7-8,11,20-21H2,1H3,(H,24,26)/t14-/m0/s1. The molecule has 1 aliphatic heterocycles. The molecule has 0 aliphatic carbocycles. The fraction of sp³-hybridized carbons (Fsp3) is 0.316. The van der Waals surface area contributed by atoms with Crippen LogP contribution in [-0.4, -0.2) is 35.0 Å². The molecule has 3 heterocycles. The van der Waals surface area contributed by atoms with Gasteiger partial charge in [-0.2, -0.15) is 0 Å². The Labute approximate surface area is 158 Å². The average molecular weight is 368 g/mol. The second-order valence-electron chi connectivity index (χ2n) is 6.59. The number of hydrogen-bond acceptors (Lipinski definition) is 7. The first-order chi connectivity index (χ1) is 12.9. The summed E-state index contributed by atoms with van der Waals surface area (Å²) in [6.45, 7) is 7.09. The second kappa shape index (κ2) is 8.05. The summed E-state index contributed by atoms with van der Waals surface area (Å²) in [5.74, 6) is 0.229.